The zero-order chi connectivity index (χ0) is 13.5. The molecule has 108 valence electrons. The average molecular weight is 264 g/mol. The highest BCUT2D eigenvalue weighted by atomic mass is 16.2. The predicted octanol–water partition coefficient (Wildman–Crippen LogP) is 2.87. The fraction of sp³-hybridized carbons (Fsp3) is 0.812. The Morgan fingerprint density at radius 2 is 2.32 bits per heavy atom. The van der Waals surface area contributed by atoms with E-state index in [1.54, 1.807) is 0 Å². The van der Waals surface area contributed by atoms with Crippen LogP contribution < -0.4 is 5.32 Å². The minimum atomic E-state index is 0.337. The van der Waals surface area contributed by atoms with Gasteiger partial charge in [-0.3, -0.25) is 4.79 Å². The van der Waals surface area contributed by atoms with Crippen LogP contribution in [0.2, 0.25) is 0 Å². The van der Waals surface area contributed by atoms with Gasteiger partial charge >= 0.3 is 0 Å². The summed E-state index contributed by atoms with van der Waals surface area (Å²) >= 11 is 0. The highest BCUT2D eigenvalue weighted by Gasteiger charge is 2.21. The molecule has 0 spiro atoms. The topological polar surface area (TPSA) is 32.3 Å². The van der Waals surface area contributed by atoms with Gasteiger partial charge in [0.05, 0.1) is 0 Å². The fourth-order valence-corrected chi connectivity index (χ4v) is 3.14. The first kappa shape index (κ1) is 14.6. The molecule has 1 amide bonds. The molecule has 1 aliphatic heterocycles. The van der Waals surface area contributed by atoms with Gasteiger partial charge in [0, 0.05) is 25.6 Å². The smallest absolute Gasteiger partial charge is 0.226 e. The van der Waals surface area contributed by atoms with Crippen LogP contribution in [0.4, 0.5) is 0 Å². The zero-order valence-electron chi connectivity index (χ0n) is 12.3. The van der Waals surface area contributed by atoms with Crippen LogP contribution in [0.1, 0.15) is 58.3 Å². The second kappa shape index (κ2) is 7.68. The van der Waals surface area contributed by atoms with Gasteiger partial charge in [-0.15, -0.1) is 0 Å². The maximum absolute atomic E-state index is 12.4. The molecule has 1 atom stereocenters. The van der Waals surface area contributed by atoms with Gasteiger partial charge in [-0.1, -0.05) is 18.6 Å². The summed E-state index contributed by atoms with van der Waals surface area (Å²) in [5.41, 5.74) is 1.37. The summed E-state index contributed by atoms with van der Waals surface area (Å²) in [4.78, 5) is 14.5. The molecule has 0 aromatic rings. The monoisotopic (exact) mass is 264 g/mol. The first-order valence-electron chi connectivity index (χ1n) is 7.98. The van der Waals surface area contributed by atoms with E-state index >= 15 is 0 Å². The Balaban J connectivity index is 1.85. The maximum atomic E-state index is 12.4. The van der Waals surface area contributed by atoms with Gasteiger partial charge in [-0.2, -0.15) is 0 Å². The van der Waals surface area contributed by atoms with Crippen molar-refractivity contribution >= 4 is 5.91 Å². The lowest BCUT2D eigenvalue weighted by molar-refractivity contribution is -0.130. The molecular formula is C16H28N2O. The Kier molecular flexibility index (Phi) is 5.90. The van der Waals surface area contributed by atoms with Gasteiger partial charge in [0.15, 0.2) is 0 Å². The van der Waals surface area contributed by atoms with E-state index < -0.39 is 0 Å². The summed E-state index contributed by atoms with van der Waals surface area (Å²) in [6, 6.07) is 0.524. The minimum Gasteiger partial charge on any atom is -0.341 e. The van der Waals surface area contributed by atoms with E-state index in [9.17, 15) is 4.79 Å². The molecular weight excluding hydrogens is 236 g/mol. The predicted molar refractivity (Wildman–Crippen MR) is 79.1 cm³/mol. The molecule has 1 N–H and O–H groups in total. The lowest BCUT2D eigenvalue weighted by Gasteiger charge is -2.26. The van der Waals surface area contributed by atoms with E-state index in [1.807, 2.05) is 0 Å². The van der Waals surface area contributed by atoms with E-state index in [0.29, 0.717) is 18.4 Å². The molecule has 1 heterocycles. The van der Waals surface area contributed by atoms with Crippen molar-refractivity contribution in [2.24, 2.45) is 0 Å². The van der Waals surface area contributed by atoms with Crippen molar-refractivity contribution in [3.63, 3.8) is 0 Å². The number of carbonyl (C=O) groups excluding carboxylic acids is 1. The van der Waals surface area contributed by atoms with Gasteiger partial charge in [-0.05, 0) is 51.5 Å². The number of carbonyl (C=O) groups is 1. The zero-order valence-corrected chi connectivity index (χ0v) is 12.3. The molecule has 0 bridgehead atoms. The van der Waals surface area contributed by atoms with Crippen molar-refractivity contribution in [2.75, 3.05) is 19.6 Å². The number of hydrogen-bond donors (Lipinski definition) is 1. The minimum absolute atomic E-state index is 0.337. The molecule has 2 rings (SSSR count). The maximum Gasteiger partial charge on any atom is 0.226 e. The highest BCUT2D eigenvalue weighted by Crippen LogP contribution is 2.21. The molecule has 2 aliphatic rings. The van der Waals surface area contributed by atoms with E-state index in [2.05, 4.69) is 23.2 Å². The molecule has 3 nitrogen and oxygen atoms in total. The van der Waals surface area contributed by atoms with Crippen LogP contribution in [-0.4, -0.2) is 36.5 Å². The molecule has 0 aromatic carbocycles. The van der Waals surface area contributed by atoms with Crippen LogP contribution in [0, 0.1) is 0 Å². The molecule has 0 saturated carbocycles. The molecule has 1 aliphatic carbocycles. The van der Waals surface area contributed by atoms with Crippen LogP contribution in [0.25, 0.3) is 0 Å². The number of hydrogen-bond acceptors (Lipinski definition) is 2. The van der Waals surface area contributed by atoms with Crippen molar-refractivity contribution in [1.82, 2.24) is 10.2 Å². The van der Waals surface area contributed by atoms with Crippen molar-refractivity contribution in [3.05, 3.63) is 11.6 Å². The van der Waals surface area contributed by atoms with Crippen molar-refractivity contribution in [1.29, 1.82) is 0 Å². The van der Waals surface area contributed by atoms with Gasteiger partial charge in [0.2, 0.25) is 5.91 Å². The molecule has 19 heavy (non-hydrogen) atoms. The molecule has 1 unspecified atom stereocenters. The lowest BCUT2D eigenvalue weighted by atomic mass is 9.96. The Morgan fingerprint density at radius 3 is 2.95 bits per heavy atom. The third-order valence-corrected chi connectivity index (χ3v) is 4.21. The van der Waals surface area contributed by atoms with Crippen molar-refractivity contribution in [2.45, 2.75) is 64.3 Å². The number of nitrogens with one attached hydrogen (secondary N) is 1. The summed E-state index contributed by atoms with van der Waals surface area (Å²) in [6.07, 6.45) is 11.3. The van der Waals surface area contributed by atoms with Crippen LogP contribution in [0.3, 0.4) is 0 Å². The van der Waals surface area contributed by atoms with Crippen LogP contribution in [0.15, 0.2) is 11.6 Å². The van der Waals surface area contributed by atoms with Gasteiger partial charge in [-0.25, -0.2) is 0 Å². The Morgan fingerprint density at radius 1 is 1.42 bits per heavy atom. The summed E-state index contributed by atoms with van der Waals surface area (Å²) in [7, 11) is 0. The molecule has 0 aromatic heterocycles. The third-order valence-electron chi connectivity index (χ3n) is 4.21. The molecule has 1 fully saturated rings. The van der Waals surface area contributed by atoms with E-state index in [0.717, 1.165) is 32.5 Å². The normalized spacial score (nSPS) is 23.2. The van der Waals surface area contributed by atoms with Crippen molar-refractivity contribution in [3.8, 4) is 0 Å². The largest absolute Gasteiger partial charge is 0.341 e. The molecule has 3 heteroatoms. The summed E-state index contributed by atoms with van der Waals surface area (Å²) in [5, 5.41) is 3.50. The third kappa shape index (κ3) is 4.64. The van der Waals surface area contributed by atoms with E-state index in [1.165, 1.54) is 37.7 Å². The summed E-state index contributed by atoms with van der Waals surface area (Å²) in [5.74, 6) is 0.337. The SMILES string of the molecule is CCCN(CC1CCCN1)C(=O)CC1=CCCCC1. The second-order valence-electron chi connectivity index (χ2n) is 5.92. The highest BCUT2D eigenvalue weighted by molar-refractivity contribution is 5.78. The second-order valence-corrected chi connectivity index (χ2v) is 5.92. The van der Waals surface area contributed by atoms with Gasteiger partial charge in [0.1, 0.15) is 0 Å². The fourth-order valence-electron chi connectivity index (χ4n) is 3.14. The van der Waals surface area contributed by atoms with E-state index in [4.69, 9.17) is 0 Å². The number of rotatable bonds is 6. The first-order valence-corrected chi connectivity index (χ1v) is 7.98. The summed E-state index contributed by atoms with van der Waals surface area (Å²) < 4.78 is 0. The standard InChI is InChI=1S/C16H28N2O/c1-2-11-18(13-15-9-6-10-17-15)16(19)12-14-7-4-3-5-8-14/h7,15,17H,2-6,8-13H2,1H3. The first-order chi connectivity index (χ1) is 9.29. The van der Waals surface area contributed by atoms with E-state index in [-0.39, 0.29) is 0 Å². The van der Waals surface area contributed by atoms with Gasteiger partial charge < -0.3 is 10.2 Å². The quantitative estimate of drug-likeness (QED) is 0.748. The van der Waals surface area contributed by atoms with Crippen LogP contribution >= 0.6 is 0 Å². The number of allylic oxidation sites excluding steroid dienone is 1. The molecule has 1 saturated heterocycles. The molecule has 0 radical (unpaired) electrons. The summed E-state index contributed by atoms with van der Waals surface area (Å²) in [6.45, 7) is 5.08. The Bertz CT molecular complexity index is 319. The van der Waals surface area contributed by atoms with Gasteiger partial charge in [0.25, 0.3) is 0 Å². The van der Waals surface area contributed by atoms with Crippen LogP contribution in [0.5, 0.6) is 0 Å². The van der Waals surface area contributed by atoms with Crippen molar-refractivity contribution < 1.29 is 4.79 Å². The number of nitrogens with zero attached hydrogens (tertiary/aromatic N) is 1. The average Bonchev–Trinajstić information content (AvgIpc) is 2.92. The van der Waals surface area contributed by atoms with Crippen LogP contribution in [-0.2, 0) is 4.79 Å². The Hall–Kier alpha value is -0.830. The Labute approximate surface area is 117 Å². The number of amides is 1. The lowest BCUT2D eigenvalue weighted by Crippen LogP contribution is -2.41.